The van der Waals surface area contributed by atoms with Crippen molar-refractivity contribution in [2.24, 2.45) is 0 Å². The predicted molar refractivity (Wildman–Crippen MR) is 67.4 cm³/mol. The summed E-state index contributed by atoms with van der Waals surface area (Å²) in [5, 5.41) is 0. The molecule has 0 unspecified atom stereocenters. The van der Waals surface area contributed by atoms with Crippen molar-refractivity contribution in [3.63, 3.8) is 0 Å². The molecule has 2 atom stereocenters. The number of morpholine rings is 1. The fourth-order valence-electron chi connectivity index (χ4n) is 2.18. The lowest BCUT2D eigenvalue weighted by Crippen LogP contribution is -2.48. The van der Waals surface area contributed by atoms with Gasteiger partial charge in [-0.2, -0.15) is 0 Å². The first kappa shape index (κ1) is 13.0. The monoisotopic (exact) mass is 252 g/mol. The summed E-state index contributed by atoms with van der Waals surface area (Å²) in [7, 11) is 0. The molecule has 0 saturated carbocycles. The predicted octanol–water partition coefficient (Wildman–Crippen LogP) is 1.73. The third kappa shape index (κ3) is 3.50. The van der Waals surface area contributed by atoms with E-state index in [2.05, 4.69) is 0 Å². The summed E-state index contributed by atoms with van der Waals surface area (Å²) in [4.78, 5) is 13.6. The van der Waals surface area contributed by atoms with Crippen molar-refractivity contribution in [2.45, 2.75) is 32.6 Å². The van der Waals surface area contributed by atoms with E-state index in [1.807, 2.05) is 42.9 Å². The van der Waals surface area contributed by atoms with E-state index in [9.17, 15) is 4.79 Å². The molecule has 1 aromatic heterocycles. The molecule has 1 amide bonds. The third-order valence-corrected chi connectivity index (χ3v) is 2.92. The Labute approximate surface area is 107 Å². The molecule has 0 aromatic carbocycles. The molecule has 1 fully saturated rings. The van der Waals surface area contributed by atoms with Gasteiger partial charge in [0.15, 0.2) is 0 Å². The van der Waals surface area contributed by atoms with E-state index in [0.717, 1.165) is 0 Å². The standard InChI is InChI=1S/C13H20N2O3/c1-11-9-15(10-12(2)18-11)13(16)17-8-7-14-5-3-4-6-14/h3-6,11-12H,7-10H2,1-2H3/t11-,12+. The second kappa shape index (κ2) is 5.91. The summed E-state index contributed by atoms with van der Waals surface area (Å²) in [6.07, 6.45) is 3.81. The lowest BCUT2D eigenvalue weighted by molar-refractivity contribution is -0.0639. The highest BCUT2D eigenvalue weighted by Crippen LogP contribution is 2.11. The van der Waals surface area contributed by atoms with Crippen LogP contribution in [0.2, 0.25) is 0 Å². The van der Waals surface area contributed by atoms with Gasteiger partial charge in [-0.25, -0.2) is 4.79 Å². The van der Waals surface area contributed by atoms with Crippen LogP contribution in [0.25, 0.3) is 0 Å². The minimum absolute atomic E-state index is 0.0748. The van der Waals surface area contributed by atoms with Crippen molar-refractivity contribution < 1.29 is 14.3 Å². The number of nitrogens with zero attached hydrogens (tertiary/aromatic N) is 2. The summed E-state index contributed by atoms with van der Waals surface area (Å²) >= 11 is 0. The van der Waals surface area contributed by atoms with E-state index >= 15 is 0 Å². The van der Waals surface area contributed by atoms with Crippen molar-refractivity contribution in [1.29, 1.82) is 0 Å². The van der Waals surface area contributed by atoms with Crippen LogP contribution >= 0.6 is 0 Å². The van der Waals surface area contributed by atoms with Crippen LogP contribution < -0.4 is 0 Å². The zero-order valence-electron chi connectivity index (χ0n) is 10.9. The molecule has 0 spiro atoms. The maximum atomic E-state index is 11.9. The van der Waals surface area contributed by atoms with E-state index in [1.165, 1.54) is 0 Å². The first-order chi connectivity index (χ1) is 8.65. The summed E-state index contributed by atoms with van der Waals surface area (Å²) < 4.78 is 12.8. The number of carbonyl (C=O) groups is 1. The lowest BCUT2D eigenvalue weighted by atomic mass is 10.2. The average molecular weight is 252 g/mol. The average Bonchev–Trinajstić information content (AvgIpc) is 2.80. The molecule has 5 nitrogen and oxygen atoms in total. The molecular formula is C13H20N2O3. The summed E-state index contributed by atoms with van der Waals surface area (Å²) in [6.45, 7) is 6.23. The molecule has 1 saturated heterocycles. The molecule has 2 rings (SSSR count). The van der Waals surface area contributed by atoms with Crippen molar-refractivity contribution >= 4 is 6.09 Å². The maximum Gasteiger partial charge on any atom is 0.409 e. The van der Waals surface area contributed by atoms with Crippen LogP contribution in [-0.2, 0) is 16.0 Å². The topological polar surface area (TPSA) is 43.7 Å². The summed E-state index contributed by atoms with van der Waals surface area (Å²) in [5.74, 6) is 0. The summed E-state index contributed by atoms with van der Waals surface area (Å²) in [5.41, 5.74) is 0. The Balaban J connectivity index is 1.74. The Morgan fingerprint density at radius 3 is 2.50 bits per heavy atom. The number of carbonyl (C=O) groups excluding carboxylic acids is 1. The van der Waals surface area contributed by atoms with Gasteiger partial charge in [-0.05, 0) is 26.0 Å². The van der Waals surface area contributed by atoms with Crippen LogP contribution in [0.15, 0.2) is 24.5 Å². The zero-order chi connectivity index (χ0) is 13.0. The van der Waals surface area contributed by atoms with E-state index in [1.54, 1.807) is 4.90 Å². The van der Waals surface area contributed by atoms with Crippen molar-refractivity contribution in [2.75, 3.05) is 19.7 Å². The highest BCUT2D eigenvalue weighted by molar-refractivity contribution is 5.67. The van der Waals surface area contributed by atoms with Gasteiger partial charge in [0.2, 0.25) is 0 Å². The van der Waals surface area contributed by atoms with Gasteiger partial charge in [-0.15, -0.1) is 0 Å². The van der Waals surface area contributed by atoms with Crippen LogP contribution in [0.3, 0.4) is 0 Å². The summed E-state index contributed by atoms with van der Waals surface area (Å²) in [6, 6.07) is 3.90. The van der Waals surface area contributed by atoms with Gasteiger partial charge in [0.05, 0.1) is 31.8 Å². The maximum absolute atomic E-state index is 11.9. The molecule has 2 heterocycles. The first-order valence-electron chi connectivity index (χ1n) is 6.33. The molecule has 0 bridgehead atoms. The van der Waals surface area contributed by atoms with Gasteiger partial charge in [0.1, 0.15) is 6.61 Å². The van der Waals surface area contributed by atoms with Gasteiger partial charge < -0.3 is 18.9 Å². The number of ether oxygens (including phenoxy) is 2. The molecule has 0 aliphatic carbocycles. The quantitative estimate of drug-likeness (QED) is 0.823. The molecule has 1 aliphatic heterocycles. The number of rotatable bonds is 3. The lowest BCUT2D eigenvalue weighted by Gasteiger charge is -2.34. The Kier molecular flexibility index (Phi) is 4.25. The fraction of sp³-hybridized carbons (Fsp3) is 0.615. The molecular weight excluding hydrogens is 232 g/mol. The largest absolute Gasteiger partial charge is 0.448 e. The van der Waals surface area contributed by atoms with Gasteiger partial charge in [0.25, 0.3) is 0 Å². The van der Waals surface area contributed by atoms with Crippen LogP contribution in [-0.4, -0.2) is 47.5 Å². The normalized spacial score (nSPS) is 24.0. The third-order valence-electron chi connectivity index (χ3n) is 2.92. The van der Waals surface area contributed by atoms with Crippen molar-refractivity contribution in [3.05, 3.63) is 24.5 Å². The van der Waals surface area contributed by atoms with Gasteiger partial charge in [-0.3, -0.25) is 0 Å². The van der Waals surface area contributed by atoms with Crippen molar-refractivity contribution in [1.82, 2.24) is 9.47 Å². The zero-order valence-corrected chi connectivity index (χ0v) is 10.9. The molecule has 18 heavy (non-hydrogen) atoms. The smallest absolute Gasteiger partial charge is 0.409 e. The number of amides is 1. The highest BCUT2D eigenvalue weighted by atomic mass is 16.6. The second-order valence-corrected chi connectivity index (χ2v) is 4.70. The molecule has 0 N–H and O–H groups in total. The molecule has 0 radical (unpaired) electrons. The Morgan fingerprint density at radius 2 is 1.89 bits per heavy atom. The molecule has 1 aliphatic rings. The van der Waals surface area contributed by atoms with Crippen LogP contribution in [0.5, 0.6) is 0 Å². The number of hydrogen-bond donors (Lipinski definition) is 0. The Bertz CT molecular complexity index is 368. The molecule has 5 heteroatoms. The van der Waals surface area contributed by atoms with Crippen molar-refractivity contribution in [3.8, 4) is 0 Å². The van der Waals surface area contributed by atoms with E-state index in [4.69, 9.17) is 9.47 Å². The van der Waals surface area contributed by atoms with Gasteiger partial charge >= 0.3 is 6.09 Å². The first-order valence-corrected chi connectivity index (χ1v) is 6.33. The Morgan fingerprint density at radius 1 is 1.28 bits per heavy atom. The minimum atomic E-state index is -0.246. The molecule has 1 aromatic rings. The van der Waals surface area contributed by atoms with E-state index in [-0.39, 0.29) is 18.3 Å². The highest BCUT2D eigenvalue weighted by Gasteiger charge is 2.26. The second-order valence-electron chi connectivity index (χ2n) is 4.70. The van der Waals surface area contributed by atoms with Crippen LogP contribution in [0, 0.1) is 0 Å². The van der Waals surface area contributed by atoms with Gasteiger partial charge in [-0.1, -0.05) is 0 Å². The molecule has 100 valence electrons. The number of aromatic nitrogens is 1. The van der Waals surface area contributed by atoms with Crippen LogP contribution in [0.4, 0.5) is 4.79 Å². The SMILES string of the molecule is C[C@@H]1CN(C(=O)OCCn2cccc2)C[C@H](C)O1. The van der Waals surface area contributed by atoms with Gasteiger partial charge in [0, 0.05) is 12.4 Å². The van der Waals surface area contributed by atoms with E-state index in [0.29, 0.717) is 26.2 Å². The minimum Gasteiger partial charge on any atom is -0.448 e. The van der Waals surface area contributed by atoms with Crippen LogP contribution in [0.1, 0.15) is 13.8 Å². The van der Waals surface area contributed by atoms with E-state index < -0.39 is 0 Å². The Hall–Kier alpha value is -1.49. The number of hydrogen-bond acceptors (Lipinski definition) is 3. The fourth-order valence-corrected chi connectivity index (χ4v) is 2.18.